The molecule has 0 aliphatic carbocycles. The second-order valence-electron chi connectivity index (χ2n) is 3.25. The zero-order valence-corrected chi connectivity index (χ0v) is 10.1. The monoisotopic (exact) mass is 280 g/mol. The van der Waals surface area contributed by atoms with Crippen molar-refractivity contribution in [1.82, 2.24) is 14.8 Å². The third-order valence-corrected chi connectivity index (χ3v) is 2.92. The van der Waals surface area contributed by atoms with Gasteiger partial charge in [-0.2, -0.15) is 5.10 Å². The number of nitrogens with zero attached hydrogens (tertiary/aromatic N) is 3. The smallest absolute Gasteiger partial charge is 0.269 e. The summed E-state index contributed by atoms with van der Waals surface area (Å²) in [5.41, 5.74) is 6.20. The lowest BCUT2D eigenvalue weighted by molar-refractivity contribution is 0.0995. The quantitative estimate of drug-likeness (QED) is 0.905. The predicted octanol–water partition coefficient (Wildman–Crippen LogP) is 1.44. The molecule has 0 bridgehead atoms. The first-order valence-electron chi connectivity index (χ1n) is 4.57. The number of hydrogen-bond donors (Lipinski definition) is 1. The number of aryl methyl sites for hydroxylation is 1. The van der Waals surface area contributed by atoms with E-state index in [2.05, 4.69) is 26.0 Å². The minimum absolute atomic E-state index is 0.224. The van der Waals surface area contributed by atoms with Gasteiger partial charge in [-0.3, -0.25) is 4.79 Å². The summed E-state index contributed by atoms with van der Waals surface area (Å²) in [4.78, 5) is 15.2. The molecule has 16 heavy (non-hydrogen) atoms. The van der Waals surface area contributed by atoms with Gasteiger partial charge in [0.2, 0.25) is 0 Å². The van der Waals surface area contributed by atoms with E-state index in [0.29, 0.717) is 5.82 Å². The van der Waals surface area contributed by atoms with Gasteiger partial charge in [-0.25, -0.2) is 9.67 Å². The van der Waals surface area contributed by atoms with Crippen LogP contribution in [0.3, 0.4) is 0 Å². The van der Waals surface area contributed by atoms with E-state index < -0.39 is 5.91 Å². The van der Waals surface area contributed by atoms with Gasteiger partial charge in [0.15, 0.2) is 5.82 Å². The topological polar surface area (TPSA) is 73.8 Å². The summed E-state index contributed by atoms with van der Waals surface area (Å²) in [7, 11) is 0. The van der Waals surface area contributed by atoms with Gasteiger partial charge in [0, 0.05) is 10.7 Å². The molecule has 82 valence electrons. The van der Waals surface area contributed by atoms with Crippen molar-refractivity contribution < 1.29 is 4.79 Å². The Morgan fingerprint density at radius 3 is 2.75 bits per heavy atom. The number of carbonyl (C=O) groups is 1. The Labute approximate surface area is 100 Å². The van der Waals surface area contributed by atoms with E-state index in [1.807, 2.05) is 13.0 Å². The highest BCUT2D eigenvalue weighted by atomic mass is 79.9. The lowest BCUT2D eigenvalue weighted by Crippen LogP contribution is -2.12. The highest BCUT2D eigenvalue weighted by Crippen LogP contribution is 2.15. The molecule has 6 heteroatoms. The average Bonchev–Trinajstić information content (AvgIpc) is 2.71. The number of pyridine rings is 1. The number of primary amides is 1. The molecule has 0 spiro atoms. The van der Waals surface area contributed by atoms with Crippen LogP contribution >= 0.6 is 15.9 Å². The average molecular weight is 281 g/mol. The summed E-state index contributed by atoms with van der Waals surface area (Å²) in [6.45, 7) is 1.88. The molecule has 0 saturated carbocycles. The van der Waals surface area contributed by atoms with Crippen LogP contribution in [0.25, 0.3) is 5.82 Å². The molecule has 2 aromatic heterocycles. The van der Waals surface area contributed by atoms with Crippen molar-refractivity contribution in [2.45, 2.75) is 6.92 Å². The van der Waals surface area contributed by atoms with Gasteiger partial charge in [0.25, 0.3) is 5.91 Å². The van der Waals surface area contributed by atoms with Crippen LogP contribution in [-0.4, -0.2) is 20.7 Å². The van der Waals surface area contributed by atoms with Crippen molar-refractivity contribution in [3.8, 4) is 5.82 Å². The van der Waals surface area contributed by atoms with Crippen LogP contribution < -0.4 is 5.73 Å². The fourth-order valence-electron chi connectivity index (χ4n) is 1.24. The lowest BCUT2D eigenvalue weighted by atomic mass is 10.4. The molecule has 2 N–H and O–H groups in total. The maximum atomic E-state index is 10.9. The highest BCUT2D eigenvalue weighted by Gasteiger charge is 2.07. The molecule has 1 amide bonds. The van der Waals surface area contributed by atoms with E-state index >= 15 is 0 Å². The lowest BCUT2D eigenvalue weighted by Gasteiger charge is -2.02. The number of carbonyl (C=O) groups excluding carboxylic acids is 1. The van der Waals surface area contributed by atoms with Crippen molar-refractivity contribution >= 4 is 21.8 Å². The minimum atomic E-state index is -0.549. The van der Waals surface area contributed by atoms with E-state index in [1.165, 1.54) is 4.68 Å². The maximum Gasteiger partial charge on any atom is 0.269 e. The van der Waals surface area contributed by atoms with Crippen LogP contribution in [0.5, 0.6) is 0 Å². The van der Waals surface area contributed by atoms with Crippen molar-refractivity contribution in [3.63, 3.8) is 0 Å². The molecule has 0 aromatic carbocycles. The SMILES string of the molecule is Cc1nc(-n2ccc(C(N)=O)n2)ccc1Br. The standard InChI is InChI=1S/C10H9BrN4O/c1-6-7(11)2-3-9(13-6)15-5-4-8(14-15)10(12)16/h2-5H,1H3,(H2,12,16). The van der Waals surface area contributed by atoms with Gasteiger partial charge in [0.05, 0.1) is 5.69 Å². The van der Waals surface area contributed by atoms with Gasteiger partial charge in [0.1, 0.15) is 5.69 Å². The van der Waals surface area contributed by atoms with Gasteiger partial charge in [-0.05, 0) is 41.1 Å². The van der Waals surface area contributed by atoms with Gasteiger partial charge >= 0.3 is 0 Å². The Morgan fingerprint density at radius 1 is 1.44 bits per heavy atom. The van der Waals surface area contributed by atoms with E-state index in [9.17, 15) is 4.79 Å². The number of halogens is 1. The van der Waals surface area contributed by atoms with E-state index in [4.69, 9.17) is 5.73 Å². The molecule has 2 heterocycles. The summed E-state index contributed by atoms with van der Waals surface area (Å²) in [6.07, 6.45) is 1.65. The minimum Gasteiger partial charge on any atom is -0.364 e. The number of rotatable bonds is 2. The second kappa shape index (κ2) is 4.05. The van der Waals surface area contributed by atoms with Crippen LogP contribution in [-0.2, 0) is 0 Å². The molecule has 0 aliphatic rings. The number of amides is 1. The van der Waals surface area contributed by atoms with Crippen LogP contribution in [0.4, 0.5) is 0 Å². The second-order valence-corrected chi connectivity index (χ2v) is 4.10. The van der Waals surface area contributed by atoms with Crippen LogP contribution in [0.1, 0.15) is 16.2 Å². The van der Waals surface area contributed by atoms with Crippen LogP contribution in [0, 0.1) is 6.92 Å². The zero-order valence-electron chi connectivity index (χ0n) is 8.51. The van der Waals surface area contributed by atoms with Gasteiger partial charge < -0.3 is 5.73 Å². The Bertz CT molecular complexity index is 550. The summed E-state index contributed by atoms with van der Waals surface area (Å²) in [6, 6.07) is 5.24. The first kappa shape index (κ1) is 10.8. The highest BCUT2D eigenvalue weighted by molar-refractivity contribution is 9.10. The number of nitrogens with two attached hydrogens (primary N) is 1. The van der Waals surface area contributed by atoms with Crippen molar-refractivity contribution in [3.05, 3.63) is 40.3 Å². The van der Waals surface area contributed by atoms with E-state index in [-0.39, 0.29) is 5.69 Å². The molecule has 0 radical (unpaired) electrons. The number of aromatic nitrogens is 3. The third kappa shape index (κ3) is 1.96. The molecular weight excluding hydrogens is 272 g/mol. The predicted molar refractivity (Wildman–Crippen MR) is 62.3 cm³/mol. The summed E-state index contributed by atoms with van der Waals surface area (Å²) >= 11 is 3.36. The molecule has 5 nitrogen and oxygen atoms in total. The Kier molecular flexibility index (Phi) is 2.74. The van der Waals surface area contributed by atoms with Crippen molar-refractivity contribution in [2.24, 2.45) is 5.73 Å². The molecule has 2 aromatic rings. The van der Waals surface area contributed by atoms with Gasteiger partial charge in [-0.15, -0.1) is 0 Å². The molecule has 0 aliphatic heterocycles. The molecule has 0 atom stereocenters. The molecular formula is C10H9BrN4O. The first-order chi connectivity index (χ1) is 7.58. The first-order valence-corrected chi connectivity index (χ1v) is 5.36. The molecule has 0 fully saturated rings. The maximum absolute atomic E-state index is 10.9. The van der Waals surface area contributed by atoms with Crippen LogP contribution in [0.2, 0.25) is 0 Å². The van der Waals surface area contributed by atoms with Crippen molar-refractivity contribution in [1.29, 1.82) is 0 Å². The Hall–Kier alpha value is -1.69. The molecule has 0 unspecified atom stereocenters. The summed E-state index contributed by atoms with van der Waals surface area (Å²) in [5.74, 6) is 0.0979. The van der Waals surface area contributed by atoms with Crippen molar-refractivity contribution in [2.75, 3.05) is 0 Å². The largest absolute Gasteiger partial charge is 0.364 e. The normalized spacial score (nSPS) is 10.4. The summed E-state index contributed by atoms with van der Waals surface area (Å²) in [5, 5.41) is 4.02. The fourth-order valence-corrected chi connectivity index (χ4v) is 1.46. The van der Waals surface area contributed by atoms with E-state index in [1.54, 1.807) is 18.3 Å². The Balaban J connectivity index is 2.42. The zero-order chi connectivity index (χ0) is 11.7. The fraction of sp³-hybridized carbons (Fsp3) is 0.100. The van der Waals surface area contributed by atoms with E-state index in [0.717, 1.165) is 10.2 Å². The molecule has 0 saturated heterocycles. The number of hydrogen-bond acceptors (Lipinski definition) is 3. The Morgan fingerprint density at radius 2 is 2.19 bits per heavy atom. The third-order valence-electron chi connectivity index (χ3n) is 2.08. The molecule has 2 rings (SSSR count). The van der Waals surface area contributed by atoms with Crippen LogP contribution in [0.15, 0.2) is 28.9 Å². The summed E-state index contributed by atoms with van der Waals surface area (Å²) < 4.78 is 2.44. The van der Waals surface area contributed by atoms with Gasteiger partial charge in [-0.1, -0.05) is 0 Å².